The number of carbonyl (C=O) groups excluding carboxylic acids is 2. The van der Waals surface area contributed by atoms with Gasteiger partial charge < -0.3 is 15.1 Å². The first-order valence-corrected chi connectivity index (χ1v) is 11.4. The minimum absolute atomic E-state index is 0.170. The van der Waals surface area contributed by atoms with E-state index in [0.29, 0.717) is 37.6 Å². The Morgan fingerprint density at radius 3 is 2.03 bits per heavy atom. The summed E-state index contributed by atoms with van der Waals surface area (Å²) in [4.78, 5) is 28.0. The fourth-order valence-electron chi connectivity index (χ4n) is 3.01. The van der Waals surface area contributed by atoms with Gasteiger partial charge in [-0.3, -0.25) is 9.52 Å². The number of hydrogen-bond donors (Lipinski definition) is 2. The standard InChI is InChI=1S/C21H23FN4O4S/c1-31(29,30)24-19-7-2-16(3-8-19)4-11-20(27)25-12-14-26(15-13-25)21(28)23-18-9-5-17(22)6-10-18/h2-11,24H,12-15H2,1H3,(H,23,28)/b11-4+. The highest BCUT2D eigenvalue weighted by atomic mass is 32.2. The van der Waals surface area contributed by atoms with E-state index in [0.717, 1.165) is 11.8 Å². The first-order valence-electron chi connectivity index (χ1n) is 9.56. The highest BCUT2D eigenvalue weighted by molar-refractivity contribution is 7.92. The maximum atomic E-state index is 13.0. The summed E-state index contributed by atoms with van der Waals surface area (Å²) in [5.41, 5.74) is 1.70. The van der Waals surface area contributed by atoms with Crippen LogP contribution >= 0.6 is 0 Å². The summed E-state index contributed by atoms with van der Waals surface area (Å²) in [6.45, 7) is 1.57. The quantitative estimate of drug-likeness (QED) is 0.690. The molecule has 0 spiro atoms. The summed E-state index contributed by atoms with van der Waals surface area (Å²) < 4.78 is 37.8. The third-order valence-corrected chi connectivity index (χ3v) is 5.21. The van der Waals surface area contributed by atoms with Gasteiger partial charge in [-0.25, -0.2) is 17.6 Å². The van der Waals surface area contributed by atoms with Gasteiger partial charge in [0.25, 0.3) is 0 Å². The molecule has 2 aromatic rings. The average molecular weight is 447 g/mol. The van der Waals surface area contributed by atoms with Crippen molar-refractivity contribution in [2.24, 2.45) is 0 Å². The average Bonchev–Trinajstić information content (AvgIpc) is 2.73. The van der Waals surface area contributed by atoms with Crippen LogP contribution in [0.25, 0.3) is 6.08 Å². The largest absolute Gasteiger partial charge is 0.336 e. The topological polar surface area (TPSA) is 98.8 Å². The van der Waals surface area contributed by atoms with Crippen LogP contribution in [0.15, 0.2) is 54.6 Å². The number of hydrogen-bond acceptors (Lipinski definition) is 4. The molecule has 3 rings (SSSR count). The third kappa shape index (κ3) is 6.82. The predicted molar refractivity (Wildman–Crippen MR) is 118 cm³/mol. The van der Waals surface area contributed by atoms with Gasteiger partial charge in [-0.1, -0.05) is 12.1 Å². The molecule has 2 aromatic carbocycles. The van der Waals surface area contributed by atoms with Crippen LogP contribution in [0.1, 0.15) is 5.56 Å². The zero-order chi connectivity index (χ0) is 22.4. The molecule has 1 heterocycles. The van der Waals surface area contributed by atoms with E-state index >= 15 is 0 Å². The summed E-state index contributed by atoms with van der Waals surface area (Å²) in [6.07, 6.45) is 4.18. The second-order valence-electron chi connectivity index (χ2n) is 7.08. The Balaban J connectivity index is 1.48. The van der Waals surface area contributed by atoms with Crippen LogP contribution in [-0.2, 0) is 14.8 Å². The lowest BCUT2D eigenvalue weighted by Crippen LogP contribution is -2.51. The Morgan fingerprint density at radius 2 is 1.45 bits per heavy atom. The zero-order valence-electron chi connectivity index (χ0n) is 16.9. The minimum atomic E-state index is -3.34. The Kier molecular flexibility index (Phi) is 6.91. The lowest BCUT2D eigenvalue weighted by molar-refractivity contribution is -0.127. The summed E-state index contributed by atoms with van der Waals surface area (Å²) in [5, 5.41) is 2.71. The number of piperazine rings is 1. The molecule has 3 amide bonds. The number of amides is 3. The second kappa shape index (κ2) is 9.61. The van der Waals surface area contributed by atoms with Crippen molar-refractivity contribution in [1.82, 2.24) is 9.80 Å². The Hall–Kier alpha value is -3.40. The van der Waals surface area contributed by atoms with E-state index in [9.17, 15) is 22.4 Å². The van der Waals surface area contributed by atoms with Crippen LogP contribution in [0.2, 0.25) is 0 Å². The molecule has 0 saturated carbocycles. The van der Waals surface area contributed by atoms with Crippen molar-refractivity contribution in [3.63, 3.8) is 0 Å². The first-order chi connectivity index (χ1) is 14.7. The molecule has 0 radical (unpaired) electrons. The van der Waals surface area contributed by atoms with Crippen LogP contribution in [0.3, 0.4) is 0 Å². The van der Waals surface area contributed by atoms with Crippen molar-refractivity contribution in [2.75, 3.05) is 42.5 Å². The molecule has 0 bridgehead atoms. The van der Waals surface area contributed by atoms with Gasteiger partial charge in [0.05, 0.1) is 6.26 Å². The number of urea groups is 1. The molecular weight excluding hydrogens is 423 g/mol. The van der Waals surface area contributed by atoms with Gasteiger partial charge in [-0.15, -0.1) is 0 Å². The van der Waals surface area contributed by atoms with E-state index in [1.807, 2.05) is 0 Å². The van der Waals surface area contributed by atoms with Gasteiger partial charge in [0.2, 0.25) is 15.9 Å². The summed E-state index contributed by atoms with van der Waals surface area (Å²) in [7, 11) is -3.34. The number of anilines is 2. The van der Waals surface area contributed by atoms with Gasteiger partial charge in [-0.2, -0.15) is 0 Å². The van der Waals surface area contributed by atoms with E-state index in [2.05, 4.69) is 10.0 Å². The number of benzene rings is 2. The molecule has 31 heavy (non-hydrogen) atoms. The molecule has 0 atom stereocenters. The normalized spacial score (nSPS) is 14.5. The SMILES string of the molecule is CS(=O)(=O)Nc1ccc(/C=C/C(=O)N2CCN(C(=O)Nc3ccc(F)cc3)CC2)cc1. The minimum Gasteiger partial charge on any atom is -0.336 e. The highest BCUT2D eigenvalue weighted by Gasteiger charge is 2.23. The van der Waals surface area contributed by atoms with Gasteiger partial charge in [0.1, 0.15) is 5.82 Å². The maximum Gasteiger partial charge on any atom is 0.321 e. The molecule has 0 aromatic heterocycles. The maximum absolute atomic E-state index is 13.0. The van der Waals surface area contributed by atoms with Crippen LogP contribution in [0, 0.1) is 5.82 Å². The monoisotopic (exact) mass is 446 g/mol. The fraction of sp³-hybridized carbons (Fsp3) is 0.238. The molecule has 1 saturated heterocycles. The lowest BCUT2D eigenvalue weighted by Gasteiger charge is -2.34. The Labute approximate surface area is 180 Å². The van der Waals surface area contributed by atoms with E-state index < -0.39 is 10.0 Å². The zero-order valence-corrected chi connectivity index (χ0v) is 17.7. The first kappa shape index (κ1) is 22.3. The summed E-state index contributed by atoms with van der Waals surface area (Å²) in [5.74, 6) is -0.545. The Morgan fingerprint density at radius 1 is 0.903 bits per heavy atom. The third-order valence-electron chi connectivity index (χ3n) is 4.61. The van der Waals surface area contributed by atoms with E-state index in [4.69, 9.17) is 0 Å². The van der Waals surface area contributed by atoms with Crippen molar-refractivity contribution >= 4 is 39.4 Å². The van der Waals surface area contributed by atoms with E-state index in [1.54, 1.807) is 40.1 Å². The number of rotatable bonds is 5. The molecule has 164 valence electrons. The number of nitrogens with zero attached hydrogens (tertiary/aromatic N) is 2. The molecule has 0 aliphatic carbocycles. The summed E-state index contributed by atoms with van der Waals surface area (Å²) >= 11 is 0. The number of sulfonamides is 1. The van der Waals surface area contributed by atoms with Crippen LogP contribution < -0.4 is 10.0 Å². The van der Waals surface area contributed by atoms with Crippen LogP contribution in [-0.4, -0.2) is 62.6 Å². The van der Waals surface area contributed by atoms with Crippen LogP contribution in [0.5, 0.6) is 0 Å². The van der Waals surface area contributed by atoms with Crippen molar-refractivity contribution < 1.29 is 22.4 Å². The van der Waals surface area contributed by atoms with E-state index in [1.165, 1.54) is 30.3 Å². The fourth-order valence-corrected chi connectivity index (χ4v) is 3.58. The predicted octanol–water partition coefficient (Wildman–Crippen LogP) is 2.59. The number of halogens is 1. The highest BCUT2D eigenvalue weighted by Crippen LogP contribution is 2.13. The smallest absolute Gasteiger partial charge is 0.321 e. The molecule has 8 nitrogen and oxygen atoms in total. The lowest BCUT2D eigenvalue weighted by atomic mass is 10.2. The van der Waals surface area contributed by atoms with Crippen LogP contribution in [0.4, 0.5) is 20.6 Å². The molecular formula is C21H23FN4O4S. The number of carbonyl (C=O) groups is 2. The van der Waals surface area contributed by atoms with Crippen molar-refractivity contribution in [2.45, 2.75) is 0 Å². The number of nitrogens with one attached hydrogen (secondary N) is 2. The van der Waals surface area contributed by atoms with Gasteiger partial charge in [0, 0.05) is 43.6 Å². The molecule has 0 unspecified atom stereocenters. The van der Waals surface area contributed by atoms with Crippen molar-refractivity contribution in [1.29, 1.82) is 0 Å². The molecule has 1 aliphatic heterocycles. The second-order valence-corrected chi connectivity index (χ2v) is 8.83. The van der Waals surface area contributed by atoms with E-state index in [-0.39, 0.29) is 17.8 Å². The molecule has 1 fully saturated rings. The van der Waals surface area contributed by atoms with Crippen molar-refractivity contribution in [3.05, 3.63) is 66.0 Å². The Bertz CT molecular complexity index is 1060. The molecule has 2 N–H and O–H groups in total. The van der Waals surface area contributed by atoms with Gasteiger partial charge in [0.15, 0.2) is 0 Å². The summed E-state index contributed by atoms with van der Waals surface area (Å²) in [6, 6.07) is 11.9. The molecule has 1 aliphatic rings. The van der Waals surface area contributed by atoms with Gasteiger partial charge in [-0.05, 0) is 48.0 Å². The molecule has 10 heteroatoms. The van der Waals surface area contributed by atoms with Crippen molar-refractivity contribution in [3.8, 4) is 0 Å². The van der Waals surface area contributed by atoms with Gasteiger partial charge >= 0.3 is 6.03 Å².